The van der Waals surface area contributed by atoms with Gasteiger partial charge >= 0.3 is 0 Å². The minimum absolute atomic E-state index is 0.0376. The summed E-state index contributed by atoms with van der Waals surface area (Å²) in [5.74, 6) is 0. The van der Waals surface area contributed by atoms with Crippen LogP contribution in [0, 0.1) is 0 Å². The number of allylic oxidation sites excluding steroid dienone is 2. The van der Waals surface area contributed by atoms with Crippen LogP contribution in [-0.4, -0.2) is 13.8 Å². The second-order valence-corrected chi connectivity index (χ2v) is 5.76. The Labute approximate surface area is 84.2 Å². The first-order valence-electron chi connectivity index (χ1n) is 3.49. The summed E-state index contributed by atoms with van der Waals surface area (Å²) >= 11 is 4.14. The van der Waals surface area contributed by atoms with Crippen LogP contribution < -0.4 is 0 Å². The fraction of sp³-hybridized carbons (Fsp3) is 0.375. The summed E-state index contributed by atoms with van der Waals surface area (Å²) < 4.78 is 1.17. The smallest absolute Gasteiger partial charge is 0.130 e. The number of fused-ring (bicyclic) bond motifs is 1. The summed E-state index contributed by atoms with van der Waals surface area (Å²) in [7, 11) is 0. The van der Waals surface area contributed by atoms with Crippen molar-refractivity contribution in [1.29, 1.82) is 0 Å². The molecule has 1 heterocycles. The van der Waals surface area contributed by atoms with E-state index in [4.69, 9.17) is 0 Å². The summed E-state index contributed by atoms with van der Waals surface area (Å²) in [5, 5.41) is 0.527. The van der Waals surface area contributed by atoms with E-state index in [1.54, 1.807) is 0 Å². The molecule has 11 heavy (non-hydrogen) atoms. The molecule has 0 aromatic rings. The van der Waals surface area contributed by atoms with E-state index in [2.05, 4.69) is 58.8 Å². The van der Waals surface area contributed by atoms with Gasteiger partial charge in [0.2, 0.25) is 0 Å². The molecule has 0 radical (unpaired) electrons. The first kappa shape index (κ1) is 7.86. The van der Waals surface area contributed by atoms with Crippen LogP contribution in [0.5, 0.6) is 0 Å². The van der Waals surface area contributed by atoms with Gasteiger partial charge in [-0.2, -0.15) is 0 Å². The zero-order valence-electron chi connectivity index (χ0n) is 6.12. The van der Waals surface area contributed by atoms with Crippen LogP contribution in [0.1, 0.15) is 6.92 Å². The van der Waals surface area contributed by atoms with Crippen molar-refractivity contribution in [3.8, 4) is 0 Å². The van der Waals surface area contributed by atoms with Crippen LogP contribution in [0.4, 0.5) is 0 Å². The number of halogens is 1. The van der Waals surface area contributed by atoms with Crippen LogP contribution >= 0.6 is 34.4 Å². The topological polar surface area (TPSA) is 12.4 Å². The van der Waals surface area contributed by atoms with Crippen molar-refractivity contribution in [2.24, 2.45) is 4.99 Å². The van der Waals surface area contributed by atoms with Crippen molar-refractivity contribution in [2.45, 2.75) is 17.7 Å². The molecule has 0 saturated carbocycles. The normalized spacial score (nSPS) is 40.5. The molecule has 0 amide bonds. The van der Waals surface area contributed by atoms with E-state index < -0.39 is 0 Å². The van der Waals surface area contributed by atoms with Gasteiger partial charge in [-0.3, -0.25) is 4.99 Å². The Bertz CT molecular complexity index is 269. The largest absolute Gasteiger partial charge is 0.260 e. The van der Waals surface area contributed by atoms with Gasteiger partial charge in [0.25, 0.3) is 0 Å². The van der Waals surface area contributed by atoms with E-state index >= 15 is 0 Å². The molecular weight excluding hydrogens is 269 g/mol. The Morgan fingerprint density at radius 1 is 1.64 bits per heavy atom. The van der Waals surface area contributed by atoms with E-state index in [0.717, 1.165) is 0 Å². The molecule has 2 rings (SSSR count). The van der Waals surface area contributed by atoms with Gasteiger partial charge in [0.05, 0.1) is 10.8 Å². The fourth-order valence-electron chi connectivity index (χ4n) is 1.29. The second-order valence-electron chi connectivity index (χ2n) is 2.87. The Hall–Kier alpha value is 0.230. The molecule has 0 aromatic carbocycles. The number of hydrogen-bond donors (Lipinski definition) is 0. The standard InChI is InChI=1S/C8H8INS/c1-8-5-3-2-4-6(8)11-7(9)10-8/h2-6H,1H3. The molecule has 58 valence electrons. The second kappa shape index (κ2) is 2.62. The van der Waals surface area contributed by atoms with Crippen molar-refractivity contribution in [3.63, 3.8) is 0 Å². The molecule has 0 N–H and O–H groups in total. The quantitative estimate of drug-likeness (QED) is 0.620. The van der Waals surface area contributed by atoms with Crippen molar-refractivity contribution in [1.82, 2.24) is 0 Å². The molecular formula is C8H8INS. The summed E-state index contributed by atoms with van der Waals surface area (Å²) in [6.45, 7) is 2.18. The fourth-order valence-corrected chi connectivity index (χ4v) is 3.62. The van der Waals surface area contributed by atoms with Gasteiger partial charge < -0.3 is 0 Å². The van der Waals surface area contributed by atoms with E-state index in [9.17, 15) is 0 Å². The monoisotopic (exact) mass is 277 g/mol. The molecule has 0 aromatic heterocycles. The predicted molar refractivity (Wildman–Crippen MR) is 59.5 cm³/mol. The molecule has 2 aliphatic rings. The average Bonchev–Trinajstić information content (AvgIpc) is 2.22. The van der Waals surface area contributed by atoms with Crippen LogP contribution in [0.3, 0.4) is 0 Å². The van der Waals surface area contributed by atoms with Gasteiger partial charge in [-0.05, 0) is 29.5 Å². The maximum Gasteiger partial charge on any atom is 0.130 e. The summed E-state index contributed by atoms with van der Waals surface area (Å²) in [4.78, 5) is 4.57. The Morgan fingerprint density at radius 3 is 3.18 bits per heavy atom. The van der Waals surface area contributed by atoms with Crippen molar-refractivity contribution >= 4 is 37.4 Å². The van der Waals surface area contributed by atoms with Gasteiger partial charge in [0.15, 0.2) is 0 Å². The highest BCUT2D eigenvalue weighted by Crippen LogP contribution is 2.40. The van der Waals surface area contributed by atoms with E-state index in [0.29, 0.717) is 5.25 Å². The molecule has 0 spiro atoms. The maximum absolute atomic E-state index is 4.57. The zero-order chi connectivity index (χ0) is 7.90. The number of thioether (sulfide) groups is 1. The van der Waals surface area contributed by atoms with Crippen molar-refractivity contribution in [2.75, 3.05) is 0 Å². The lowest BCUT2D eigenvalue weighted by atomic mass is 9.94. The highest BCUT2D eigenvalue weighted by molar-refractivity contribution is 14.1. The number of rotatable bonds is 0. The first-order chi connectivity index (χ1) is 5.21. The van der Waals surface area contributed by atoms with E-state index in [1.165, 1.54) is 3.05 Å². The zero-order valence-corrected chi connectivity index (χ0v) is 9.09. The van der Waals surface area contributed by atoms with Crippen LogP contribution in [0.25, 0.3) is 0 Å². The molecule has 0 fully saturated rings. The molecule has 0 saturated heterocycles. The maximum atomic E-state index is 4.57. The van der Waals surface area contributed by atoms with E-state index in [-0.39, 0.29) is 5.54 Å². The molecule has 2 unspecified atom stereocenters. The predicted octanol–water partition coefficient (Wildman–Crippen LogP) is 2.78. The molecule has 3 heteroatoms. The summed E-state index contributed by atoms with van der Waals surface area (Å²) in [6, 6.07) is 0. The van der Waals surface area contributed by atoms with Gasteiger partial charge in [-0.25, -0.2) is 0 Å². The van der Waals surface area contributed by atoms with E-state index in [1.807, 2.05) is 11.8 Å². The summed E-state index contributed by atoms with van der Waals surface area (Å²) in [6.07, 6.45) is 8.58. The van der Waals surface area contributed by atoms with Gasteiger partial charge in [-0.15, -0.1) is 0 Å². The third-order valence-electron chi connectivity index (χ3n) is 1.96. The van der Waals surface area contributed by atoms with Crippen LogP contribution in [-0.2, 0) is 0 Å². The number of aliphatic imine (C=N–C) groups is 1. The molecule has 1 nitrogen and oxygen atoms in total. The molecule has 1 aliphatic heterocycles. The highest BCUT2D eigenvalue weighted by atomic mass is 127. The minimum atomic E-state index is 0.0376. The Kier molecular flexibility index (Phi) is 1.87. The number of nitrogens with zero attached hydrogens (tertiary/aromatic N) is 1. The Balaban J connectivity index is 2.37. The molecule has 0 bridgehead atoms. The Morgan fingerprint density at radius 2 is 2.45 bits per heavy atom. The van der Waals surface area contributed by atoms with Gasteiger partial charge in [-0.1, -0.05) is 36.1 Å². The van der Waals surface area contributed by atoms with Crippen LogP contribution in [0.15, 0.2) is 29.3 Å². The average molecular weight is 277 g/mol. The number of hydrogen-bond acceptors (Lipinski definition) is 2. The van der Waals surface area contributed by atoms with Crippen molar-refractivity contribution < 1.29 is 0 Å². The summed E-state index contributed by atoms with van der Waals surface area (Å²) in [5.41, 5.74) is 0.0376. The SMILES string of the molecule is CC12C=CC=CC1SC(I)=N2. The van der Waals surface area contributed by atoms with Crippen molar-refractivity contribution in [3.05, 3.63) is 24.3 Å². The lowest BCUT2D eigenvalue weighted by molar-refractivity contribution is 0.619. The lowest BCUT2D eigenvalue weighted by Crippen LogP contribution is -2.29. The van der Waals surface area contributed by atoms with Crippen LogP contribution in [0.2, 0.25) is 0 Å². The molecule has 2 atom stereocenters. The third-order valence-corrected chi connectivity index (χ3v) is 4.14. The molecule has 1 aliphatic carbocycles. The van der Waals surface area contributed by atoms with Gasteiger partial charge in [0, 0.05) is 0 Å². The third kappa shape index (κ3) is 1.28. The first-order valence-corrected chi connectivity index (χ1v) is 5.45. The highest BCUT2D eigenvalue weighted by Gasteiger charge is 2.37. The minimum Gasteiger partial charge on any atom is -0.260 e. The lowest BCUT2D eigenvalue weighted by Gasteiger charge is -2.23. The van der Waals surface area contributed by atoms with Gasteiger partial charge in [0.1, 0.15) is 3.05 Å².